The van der Waals surface area contributed by atoms with E-state index in [2.05, 4.69) is 40.8 Å². The number of nitrogens with one attached hydrogen (secondary N) is 2. The summed E-state index contributed by atoms with van der Waals surface area (Å²) in [6, 6.07) is 7.07. The van der Waals surface area contributed by atoms with Crippen molar-refractivity contribution in [2.75, 3.05) is 12.4 Å². The molecule has 0 radical (unpaired) electrons. The van der Waals surface area contributed by atoms with Gasteiger partial charge in [-0.05, 0) is 23.4 Å². The number of tetrazole rings is 1. The number of methoxy groups -OCH3 is 1. The lowest BCUT2D eigenvalue weighted by Crippen LogP contribution is -2.13. The minimum absolute atomic E-state index is 0.248. The van der Waals surface area contributed by atoms with Crippen LogP contribution in [0.2, 0.25) is 0 Å². The summed E-state index contributed by atoms with van der Waals surface area (Å²) in [6.07, 6.45) is 0. The maximum Gasteiger partial charge on any atom is 0.252 e. The summed E-state index contributed by atoms with van der Waals surface area (Å²) >= 11 is 1.38. The van der Waals surface area contributed by atoms with Gasteiger partial charge in [0, 0.05) is 24.3 Å². The molecule has 0 aliphatic heterocycles. The quantitative estimate of drug-likeness (QED) is 0.450. The third-order valence-electron chi connectivity index (χ3n) is 4.06. The highest BCUT2D eigenvalue weighted by Gasteiger charge is 2.11. The van der Waals surface area contributed by atoms with Crippen LogP contribution in [0.25, 0.3) is 10.9 Å². The van der Waals surface area contributed by atoms with E-state index in [0.717, 1.165) is 11.1 Å². The van der Waals surface area contributed by atoms with Gasteiger partial charge in [0.05, 0.1) is 18.5 Å². The highest BCUT2D eigenvalue weighted by atomic mass is 32.2. The first-order valence-corrected chi connectivity index (χ1v) is 9.56. The standard InChI is InChI=1S/C17H17N9O2S/c1-9-11-5-4-6-12(28-3)14(11)21-15(18-9)22-16-19-10(7-13(27)20-16)8-29-17-23-24-25-26(17)2/h4-7H,8H2,1-3H3,(H2,18,19,20,21,22,27). The number of aryl methyl sites for hydroxylation is 2. The van der Waals surface area contributed by atoms with E-state index in [1.54, 1.807) is 18.8 Å². The van der Waals surface area contributed by atoms with Gasteiger partial charge in [0.15, 0.2) is 0 Å². The Morgan fingerprint density at radius 1 is 1.28 bits per heavy atom. The van der Waals surface area contributed by atoms with Gasteiger partial charge < -0.3 is 4.74 Å². The molecule has 11 nitrogen and oxygen atoms in total. The first-order valence-electron chi connectivity index (χ1n) is 8.57. The fourth-order valence-corrected chi connectivity index (χ4v) is 3.47. The van der Waals surface area contributed by atoms with Gasteiger partial charge in [-0.25, -0.2) is 19.6 Å². The highest BCUT2D eigenvalue weighted by molar-refractivity contribution is 7.98. The molecule has 4 aromatic rings. The Labute approximate surface area is 168 Å². The topological polar surface area (TPSA) is 136 Å². The van der Waals surface area contributed by atoms with E-state index in [-0.39, 0.29) is 11.5 Å². The lowest BCUT2D eigenvalue weighted by Gasteiger charge is -2.10. The molecule has 3 heterocycles. The van der Waals surface area contributed by atoms with Crippen molar-refractivity contribution in [3.63, 3.8) is 0 Å². The molecule has 0 bridgehead atoms. The van der Waals surface area contributed by atoms with E-state index in [4.69, 9.17) is 4.74 Å². The fraction of sp³-hybridized carbons (Fsp3) is 0.235. The monoisotopic (exact) mass is 411 g/mol. The average Bonchev–Trinajstić information content (AvgIpc) is 3.10. The third-order valence-corrected chi connectivity index (χ3v) is 5.10. The maximum absolute atomic E-state index is 12.1. The van der Waals surface area contributed by atoms with Crippen LogP contribution in [0.15, 0.2) is 34.2 Å². The summed E-state index contributed by atoms with van der Waals surface area (Å²) < 4.78 is 6.94. The molecule has 0 atom stereocenters. The summed E-state index contributed by atoms with van der Waals surface area (Å²) in [5.74, 6) is 1.63. The van der Waals surface area contributed by atoms with Crippen LogP contribution >= 0.6 is 11.8 Å². The molecule has 3 aromatic heterocycles. The van der Waals surface area contributed by atoms with Gasteiger partial charge in [0.2, 0.25) is 17.1 Å². The maximum atomic E-state index is 12.1. The summed E-state index contributed by atoms with van der Waals surface area (Å²) in [4.78, 5) is 28.1. The van der Waals surface area contributed by atoms with E-state index in [9.17, 15) is 4.79 Å². The molecular weight excluding hydrogens is 394 g/mol. The Morgan fingerprint density at radius 3 is 2.90 bits per heavy atom. The van der Waals surface area contributed by atoms with Crippen LogP contribution in [-0.4, -0.2) is 47.3 Å². The van der Waals surface area contributed by atoms with Crippen LogP contribution in [0.1, 0.15) is 11.4 Å². The first-order chi connectivity index (χ1) is 14.0. The Morgan fingerprint density at radius 2 is 2.14 bits per heavy atom. The molecular formula is C17H17N9O2S. The number of aromatic amines is 1. The molecule has 1 aromatic carbocycles. The van der Waals surface area contributed by atoms with Gasteiger partial charge in [-0.3, -0.25) is 15.1 Å². The van der Waals surface area contributed by atoms with Crippen LogP contribution in [0.5, 0.6) is 5.75 Å². The second-order valence-electron chi connectivity index (χ2n) is 6.07. The molecule has 29 heavy (non-hydrogen) atoms. The van der Waals surface area contributed by atoms with E-state index in [1.807, 2.05) is 25.1 Å². The number of hydrogen-bond acceptors (Lipinski definition) is 10. The van der Waals surface area contributed by atoms with Crippen molar-refractivity contribution in [2.45, 2.75) is 17.8 Å². The predicted octanol–water partition coefficient (Wildman–Crippen LogP) is 1.59. The number of thioether (sulfide) groups is 1. The van der Waals surface area contributed by atoms with Crippen LogP contribution in [-0.2, 0) is 12.8 Å². The molecule has 0 saturated carbocycles. The Hall–Kier alpha value is -3.54. The lowest BCUT2D eigenvalue weighted by atomic mass is 10.2. The summed E-state index contributed by atoms with van der Waals surface area (Å²) in [7, 11) is 3.33. The molecule has 4 rings (SSSR count). The van der Waals surface area contributed by atoms with Gasteiger partial charge >= 0.3 is 0 Å². The Balaban J connectivity index is 1.61. The second-order valence-corrected chi connectivity index (χ2v) is 7.02. The number of fused-ring (bicyclic) bond motifs is 1. The lowest BCUT2D eigenvalue weighted by molar-refractivity contribution is 0.419. The molecule has 0 fully saturated rings. The largest absolute Gasteiger partial charge is 0.494 e. The molecule has 0 aliphatic carbocycles. The Kier molecular flexibility index (Phi) is 5.08. The van der Waals surface area contributed by atoms with Crippen molar-refractivity contribution in [1.82, 2.24) is 40.1 Å². The third kappa shape index (κ3) is 4.01. The van der Waals surface area contributed by atoms with E-state index in [1.165, 1.54) is 17.8 Å². The van der Waals surface area contributed by atoms with Crippen molar-refractivity contribution in [1.29, 1.82) is 0 Å². The van der Waals surface area contributed by atoms with Crippen molar-refractivity contribution in [2.24, 2.45) is 7.05 Å². The average molecular weight is 411 g/mol. The van der Waals surface area contributed by atoms with Crippen LogP contribution in [0, 0.1) is 6.92 Å². The van der Waals surface area contributed by atoms with Gasteiger partial charge in [0.25, 0.3) is 5.56 Å². The van der Waals surface area contributed by atoms with Crippen molar-refractivity contribution < 1.29 is 4.74 Å². The van der Waals surface area contributed by atoms with Gasteiger partial charge in [-0.1, -0.05) is 23.9 Å². The molecule has 0 aliphatic rings. The van der Waals surface area contributed by atoms with Crippen molar-refractivity contribution >= 4 is 34.6 Å². The number of rotatable bonds is 6. The number of para-hydroxylation sites is 1. The molecule has 0 unspecified atom stereocenters. The number of benzene rings is 1. The first kappa shape index (κ1) is 18.8. The van der Waals surface area contributed by atoms with E-state index >= 15 is 0 Å². The van der Waals surface area contributed by atoms with Crippen LogP contribution in [0.4, 0.5) is 11.9 Å². The number of H-pyrrole nitrogens is 1. The van der Waals surface area contributed by atoms with Gasteiger partial charge in [0.1, 0.15) is 11.3 Å². The zero-order valence-electron chi connectivity index (χ0n) is 15.9. The van der Waals surface area contributed by atoms with E-state index < -0.39 is 0 Å². The summed E-state index contributed by atoms with van der Waals surface area (Å²) in [5.41, 5.74) is 1.73. The smallest absolute Gasteiger partial charge is 0.252 e. The van der Waals surface area contributed by atoms with E-state index in [0.29, 0.717) is 33.8 Å². The molecule has 148 valence electrons. The number of aromatic nitrogens is 8. The SMILES string of the molecule is COc1cccc2c(C)nc(Nc3nc(CSc4nnnn4C)cc(=O)[nH]3)nc12. The van der Waals surface area contributed by atoms with Crippen molar-refractivity contribution in [3.8, 4) is 5.75 Å². The molecule has 12 heteroatoms. The zero-order valence-corrected chi connectivity index (χ0v) is 16.7. The predicted molar refractivity (Wildman–Crippen MR) is 107 cm³/mol. The number of nitrogens with zero attached hydrogens (tertiary/aromatic N) is 7. The van der Waals surface area contributed by atoms with Gasteiger partial charge in [-0.2, -0.15) is 0 Å². The summed E-state index contributed by atoms with van der Waals surface area (Å²) in [5, 5.41) is 15.8. The molecule has 0 spiro atoms. The molecule has 0 saturated heterocycles. The van der Waals surface area contributed by atoms with Crippen LogP contribution in [0.3, 0.4) is 0 Å². The highest BCUT2D eigenvalue weighted by Crippen LogP contribution is 2.26. The zero-order chi connectivity index (χ0) is 20.4. The fourth-order valence-electron chi connectivity index (χ4n) is 2.73. The number of ether oxygens (including phenoxy) is 1. The normalized spacial score (nSPS) is 11.0. The summed E-state index contributed by atoms with van der Waals surface area (Å²) in [6.45, 7) is 1.88. The van der Waals surface area contributed by atoms with Gasteiger partial charge in [-0.15, -0.1) is 5.10 Å². The molecule has 0 amide bonds. The molecule has 2 N–H and O–H groups in total. The van der Waals surface area contributed by atoms with Crippen LogP contribution < -0.4 is 15.6 Å². The number of hydrogen-bond donors (Lipinski definition) is 2. The van der Waals surface area contributed by atoms with Crippen molar-refractivity contribution in [3.05, 3.63) is 46.0 Å². The second kappa shape index (κ2) is 7.83. The number of anilines is 2. The minimum atomic E-state index is -0.288. The minimum Gasteiger partial charge on any atom is -0.494 e. The Bertz CT molecular complexity index is 1240.